The quantitative estimate of drug-likeness (QED) is 0.379. The molecule has 0 N–H and O–H groups in total. The Morgan fingerprint density at radius 1 is 0.939 bits per heavy atom. The molecule has 0 atom stereocenters. The molecule has 3 aromatic carbocycles. The minimum atomic E-state index is -0.239. The lowest BCUT2D eigenvalue weighted by atomic mass is 10.0. The number of carbonyl (C=O) groups is 1. The second-order valence-corrected chi connectivity index (χ2v) is 8.69. The summed E-state index contributed by atoms with van der Waals surface area (Å²) < 4.78 is 14.2. The third kappa shape index (κ3) is 4.16. The highest BCUT2D eigenvalue weighted by Crippen LogP contribution is 2.31. The number of carbonyl (C=O) groups excluding carboxylic acids is 1. The number of nitrogens with zero attached hydrogens (tertiary/aromatic N) is 3. The van der Waals surface area contributed by atoms with Crippen LogP contribution in [0.2, 0.25) is 5.02 Å². The summed E-state index contributed by atoms with van der Waals surface area (Å²) in [7, 11) is 0. The molecule has 1 aromatic heterocycles. The van der Waals surface area contributed by atoms with Crippen molar-refractivity contribution in [2.45, 2.75) is 6.92 Å². The minimum absolute atomic E-state index is 0.0468. The first kappa shape index (κ1) is 21.4. The molecule has 2 heterocycles. The van der Waals surface area contributed by atoms with E-state index in [9.17, 15) is 9.18 Å². The number of benzene rings is 3. The molecule has 4 aromatic rings. The molecule has 1 aliphatic heterocycles. The Hall–Kier alpha value is -3.44. The fourth-order valence-electron chi connectivity index (χ4n) is 4.35. The molecule has 1 aliphatic rings. The van der Waals surface area contributed by atoms with Crippen molar-refractivity contribution in [1.29, 1.82) is 0 Å². The van der Waals surface area contributed by atoms with Gasteiger partial charge in [-0.15, -0.1) is 0 Å². The van der Waals surface area contributed by atoms with Crippen LogP contribution in [0.25, 0.3) is 22.2 Å². The number of hydrogen-bond donors (Lipinski definition) is 0. The molecular formula is C27H23ClFN3O. The SMILES string of the molecule is Cc1ccc2nc(-c3ccccc3Cl)cc(C(=O)N3CCN(c4ccccc4F)CC3)c2c1. The summed E-state index contributed by atoms with van der Waals surface area (Å²) in [5, 5.41) is 1.42. The average molecular weight is 460 g/mol. The van der Waals surface area contributed by atoms with Crippen LogP contribution in [0.3, 0.4) is 0 Å². The third-order valence-electron chi connectivity index (χ3n) is 6.10. The van der Waals surface area contributed by atoms with Gasteiger partial charge in [0.05, 0.1) is 22.5 Å². The van der Waals surface area contributed by atoms with Crippen molar-refractivity contribution in [3.63, 3.8) is 0 Å². The molecule has 1 saturated heterocycles. The molecule has 6 heteroatoms. The number of rotatable bonds is 3. The summed E-state index contributed by atoms with van der Waals surface area (Å²) in [6.45, 7) is 4.19. The van der Waals surface area contributed by atoms with Crippen LogP contribution >= 0.6 is 11.6 Å². The van der Waals surface area contributed by atoms with Gasteiger partial charge in [-0.2, -0.15) is 0 Å². The summed E-state index contributed by atoms with van der Waals surface area (Å²) in [6, 6.07) is 22.1. The number of pyridine rings is 1. The Labute approximate surface area is 197 Å². The largest absolute Gasteiger partial charge is 0.366 e. The van der Waals surface area contributed by atoms with Crippen LogP contribution < -0.4 is 4.90 Å². The molecule has 0 saturated carbocycles. The summed E-state index contributed by atoms with van der Waals surface area (Å²) >= 11 is 6.43. The van der Waals surface area contributed by atoms with Gasteiger partial charge < -0.3 is 9.80 Å². The van der Waals surface area contributed by atoms with Gasteiger partial charge >= 0.3 is 0 Å². The second kappa shape index (κ2) is 8.83. The Balaban J connectivity index is 1.49. The topological polar surface area (TPSA) is 36.4 Å². The van der Waals surface area contributed by atoms with Crippen molar-refractivity contribution < 1.29 is 9.18 Å². The molecule has 1 fully saturated rings. The summed E-state index contributed by atoms with van der Waals surface area (Å²) in [5.74, 6) is -0.285. The molecule has 4 nitrogen and oxygen atoms in total. The van der Waals surface area contributed by atoms with E-state index in [1.54, 1.807) is 12.1 Å². The summed E-state index contributed by atoms with van der Waals surface area (Å²) in [5.41, 5.74) is 4.47. The van der Waals surface area contributed by atoms with E-state index < -0.39 is 0 Å². The van der Waals surface area contributed by atoms with Crippen LogP contribution in [0.15, 0.2) is 72.8 Å². The van der Waals surface area contributed by atoms with Gasteiger partial charge in [0.1, 0.15) is 5.82 Å². The van der Waals surface area contributed by atoms with Crippen LogP contribution in [0, 0.1) is 12.7 Å². The van der Waals surface area contributed by atoms with Crippen LogP contribution in [-0.4, -0.2) is 42.0 Å². The second-order valence-electron chi connectivity index (χ2n) is 8.29. The molecular weight excluding hydrogens is 437 g/mol. The van der Waals surface area contributed by atoms with Crippen molar-refractivity contribution in [3.8, 4) is 11.3 Å². The predicted molar refractivity (Wildman–Crippen MR) is 131 cm³/mol. The lowest BCUT2D eigenvalue weighted by Crippen LogP contribution is -2.49. The van der Waals surface area contributed by atoms with E-state index in [1.165, 1.54) is 6.07 Å². The number of fused-ring (bicyclic) bond motifs is 1. The van der Waals surface area contributed by atoms with E-state index in [4.69, 9.17) is 16.6 Å². The van der Waals surface area contributed by atoms with E-state index in [-0.39, 0.29) is 11.7 Å². The molecule has 1 amide bonds. The minimum Gasteiger partial charge on any atom is -0.366 e. The zero-order valence-electron chi connectivity index (χ0n) is 18.3. The van der Waals surface area contributed by atoms with Gasteiger partial charge in [-0.3, -0.25) is 4.79 Å². The van der Waals surface area contributed by atoms with Crippen molar-refractivity contribution >= 4 is 34.1 Å². The molecule has 33 heavy (non-hydrogen) atoms. The van der Waals surface area contributed by atoms with Crippen molar-refractivity contribution in [1.82, 2.24) is 9.88 Å². The standard InChI is InChI=1S/C27H23ClFN3O/c1-18-10-11-24-20(16-18)21(17-25(30-24)19-6-2-3-7-22(19)28)27(33)32-14-12-31(13-15-32)26-9-5-4-8-23(26)29/h2-11,16-17H,12-15H2,1H3. The van der Waals surface area contributed by atoms with Crippen molar-refractivity contribution in [2.24, 2.45) is 0 Å². The van der Waals surface area contributed by atoms with Gasteiger partial charge in [0.2, 0.25) is 0 Å². The fourth-order valence-corrected chi connectivity index (χ4v) is 4.58. The molecule has 166 valence electrons. The smallest absolute Gasteiger partial charge is 0.254 e. The van der Waals surface area contributed by atoms with Crippen LogP contribution in [0.1, 0.15) is 15.9 Å². The maximum absolute atomic E-state index is 14.2. The van der Waals surface area contributed by atoms with E-state index in [0.717, 1.165) is 22.0 Å². The van der Waals surface area contributed by atoms with E-state index in [1.807, 2.05) is 71.3 Å². The summed E-state index contributed by atoms with van der Waals surface area (Å²) in [4.78, 5) is 22.3. The number of anilines is 1. The Morgan fingerprint density at radius 3 is 2.42 bits per heavy atom. The van der Waals surface area contributed by atoms with Gasteiger partial charge in [-0.1, -0.05) is 53.6 Å². The van der Waals surface area contributed by atoms with Gasteiger partial charge in [-0.05, 0) is 43.3 Å². The molecule has 0 unspecified atom stereocenters. The highest BCUT2D eigenvalue weighted by atomic mass is 35.5. The Bertz CT molecular complexity index is 1350. The monoisotopic (exact) mass is 459 g/mol. The maximum atomic E-state index is 14.2. The van der Waals surface area contributed by atoms with E-state index in [2.05, 4.69) is 0 Å². The molecule has 0 spiro atoms. The molecule has 0 bridgehead atoms. The number of aryl methyl sites for hydroxylation is 1. The molecule has 0 radical (unpaired) electrons. The van der Waals surface area contributed by atoms with E-state index in [0.29, 0.717) is 48.1 Å². The summed E-state index contributed by atoms with van der Waals surface area (Å²) in [6.07, 6.45) is 0. The number of piperazine rings is 1. The molecule has 0 aliphatic carbocycles. The number of amides is 1. The number of hydrogen-bond acceptors (Lipinski definition) is 3. The van der Waals surface area contributed by atoms with Crippen molar-refractivity contribution in [2.75, 3.05) is 31.1 Å². The van der Waals surface area contributed by atoms with Crippen molar-refractivity contribution in [3.05, 3.63) is 94.8 Å². The Morgan fingerprint density at radius 2 is 1.67 bits per heavy atom. The van der Waals surface area contributed by atoms with Gasteiger partial charge in [0.25, 0.3) is 5.91 Å². The predicted octanol–water partition coefficient (Wildman–Crippen LogP) is 5.97. The normalized spacial score (nSPS) is 14.0. The van der Waals surface area contributed by atoms with Crippen LogP contribution in [-0.2, 0) is 0 Å². The maximum Gasteiger partial charge on any atom is 0.254 e. The first-order valence-electron chi connectivity index (χ1n) is 11.0. The lowest BCUT2D eigenvalue weighted by Gasteiger charge is -2.36. The van der Waals surface area contributed by atoms with E-state index >= 15 is 0 Å². The number of halogens is 2. The van der Waals surface area contributed by atoms with Crippen LogP contribution in [0.4, 0.5) is 10.1 Å². The third-order valence-corrected chi connectivity index (χ3v) is 6.43. The average Bonchev–Trinajstić information content (AvgIpc) is 2.84. The zero-order chi connectivity index (χ0) is 22.9. The van der Waals surface area contributed by atoms with Crippen LogP contribution in [0.5, 0.6) is 0 Å². The van der Waals surface area contributed by atoms with Gasteiger partial charge in [-0.25, -0.2) is 9.37 Å². The zero-order valence-corrected chi connectivity index (χ0v) is 19.0. The Kier molecular flexibility index (Phi) is 5.73. The fraction of sp³-hybridized carbons (Fsp3) is 0.185. The molecule has 5 rings (SSSR count). The van der Waals surface area contributed by atoms with Gasteiger partial charge in [0, 0.05) is 42.2 Å². The number of para-hydroxylation sites is 1. The highest BCUT2D eigenvalue weighted by Gasteiger charge is 2.25. The highest BCUT2D eigenvalue weighted by molar-refractivity contribution is 6.33. The first-order valence-corrected chi connectivity index (χ1v) is 11.3. The number of aromatic nitrogens is 1. The first-order chi connectivity index (χ1) is 16.0. The van der Waals surface area contributed by atoms with Gasteiger partial charge in [0.15, 0.2) is 0 Å². The lowest BCUT2D eigenvalue weighted by molar-refractivity contribution is 0.0748.